The average molecular weight is 189 g/mol. The first-order valence-electron chi connectivity index (χ1n) is 4.45. The van der Waals surface area contributed by atoms with Crippen LogP contribution in [-0.2, 0) is 0 Å². The Balaban J connectivity index is 2.41. The minimum atomic E-state index is 0.314. The second kappa shape index (κ2) is 3.53. The van der Waals surface area contributed by atoms with Crippen molar-refractivity contribution in [2.45, 2.75) is 19.9 Å². The van der Waals surface area contributed by atoms with E-state index in [9.17, 15) is 0 Å². The minimum Gasteiger partial charge on any atom is -0.352 e. The van der Waals surface area contributed by atoms with Crippen molar-refractivity contribution in [3.8, 4) is 0 Å². The summed E-state index contributed by atoms with van der Waals surface area (Å²) in [4.78, 5) is 16.3. The van der Waals surface area contributed by atoms with Gasteiger partial charge in [0.25, 0.3) is 0 Å². The summed E-state index contributed by atoms with van der Waals surface area (Å²) in [6.45, 7) is 4.07. The van der Waals surface area contributed by atoms with Crippen molar-refractivity contribution in [2.24, 2.45) is 0 Å². The maximum atomic E-state index is 4.24. The lowest BCUT2D eigenvalue weighted by molar-refractivity contribution is 0.876. The molecule has 0 aliphatic rings. The summed E-state index contributed by atoms with van der Waals surface area (Å²) in [6, 6.07) is 0.314. The molecule has 2 aromatic rings. The highest BCUT2D eigenvalue weighted by molar-refractivity contribution is 5.72. The molecule has 5 nitrogen and oxygen atoms in total. The summed E-state index contributed by atoms with van der Waals surface area (Å²) in [5.41, 5.74) is 0.665. The molecule has 72 valence electrons. The molecule has 0 saturated carbocycles. The molecule has 2 rings (SSSR count). The van der Waals surface area contributed by atoms with E-state index in [0.29, 0.717) is 17.6 Å². The normalized spacial score (nSPS) is 10.8. The molecule has 0 aliphatic heterocycles. The van der Waals surface area contributed by atoms with Gasteiger partial charge in [-0.15, -0.1) is 0 Å². The smallest absolute Gasteiger partial charge is 0.224 e. The second-order valence-electron chi connectivity index (χ2n) is 3.29. The monoisotopic (exact) mass is 189 g/mol. The fourth-order valence-corrected chi connectivity index (χ4v) is 1.11. The summed E-state index contributed by atoms with van der Waals surface area (Å²) >= 11 is 0. The maximum Gasteiger partial charge on any atom is 0.224 e. The fourth-order valence-electron chi connectivity index (χ4n) is 1.11. The molecule has 0 aromatic carbocycles. The third kappa shape index (κ3) is 1.76. The lowest BCUT2D eigenvalue weighted by atomic mass is 10.4. The van der Waals surface area contributed by atoms with Crippen molar-refractivity contribution in [3.05, 3.63) is 18.7 Å². The number of hydrogen-bond donors (Lipinski definition) is 1. The van der Waals surface area contributed by atoms with E-state index in [1.807, 2.05) is 13.8 Å². The van der Waals surface area contributed by atoms with Gasteiger partial charge in [0, 0.05) is 18.4 Å². The lowest BCUT2D eigenvalue weighted by Crippen LogP contribution is -2.12. The molecule has 2 aromatic heterocycles. The van der Waals surface area contributed by atoms with Gasteiger partial charge in [-0.2, -0.15) is 4.98 Å². The van der Waals surface area contributed by atoms with Crippen molar-refractivity contribution in [1.29, 1.82) is 0 Å². The van der Waals surface area contributed by atoms with Crippen LogP contribution in [0.15, 0.2) is 18.7 Å². The standard InChI is InChI=1S/C9H11N5/c1-6(2)13-9-11-4-7-3-10-5-12-8(7)14-9/h3-6H,1-2H3,(H,10,11,12,13,14). The Labute approximate surface area is 81.6 Å². The molecule has 0 bridgehead atoms. The average Bonchev–Trinajstić information content (AvgIpc) is 2.17. The third-order valence-corrected chi connectivity index (χ3v) is 1.67. The number of nitrogens with zero attached hydrogens (tertiary/aromatic N) is 4. The first-order valence-corrected chi connectivity index (χ1v) is 4.45. The molecule has 0 radical (unpaired) electrons. The molecular weight excluding hydrogens is 178 g/mol. The zero-order valence-electron chi connectivity index (χ0n) is 8.10. The Morgan fingerprint density at radius 1 is 1.21 bits per heavy atom. The Morgan fingerprint density at radius 3 is 2.86 bits per heavy atom. The van der Waals surface area contributed by atoms with Gasteiger partial charge in [-0.1, -0.05) is 0 Å². The van der Waals surface area contributed by atoms with Crippen LogP contribution in [0.3, 0.4) is 0 Å². The topological polar surface area (TPSA) is 63.6 Å². The van der Waals surface area contributed by atoms with Gasteiger partial charge >= 0.3 is 0 Å². The highest BCUT2D eigenvalue weighted by Crippen LogP contribution is 2.08. The van der Waals surface area contributed by atoms with Crippen LogP contribution in [-0.4, -0.2) is 26.0 Å². The predicted octanol–water partition coefficient (Wildman–Crippen LogP) is 1.24. The number of fused-ring (bicyclic) bond motifs is 1. The fraction of sp³-hybridized carbons (Fsp3) is 0.333. The van der Waals surface area contributed by atoms with E-state index in [1.165, 1.54) is 6.33 Å². The molecule has 0 spiro atoms. The summed E-state index contributed by atoms with van der Waals surface area (Å²) in [5, 5.41) is 3.96. The first kappa shape index (κ1) is 8.80. The highest BCUT2D eigenvalue weighted by atomic mass is 15.1. The van der Waals surface area contributed by atoms with E-state index in [2.05, 4.69) is 25.3 Å². The molecule has 0 saturated heterocycles. The van der Waals surface area contributed by atoms with Crippen molar-refractivity contribution in [1.82, 2.24) is 19.9 Å². The quantitative estimate of drug-likeness (QED) is 0.770. The summed E-state index contributed by atoms with van der Waals surface area (Å²) in [7, 11) is 0. The van der Waals surface area contributed by atoms with Crippen molar-refractivity contribution in [2.75, 3.05) is 5.32 Å². The number of aromatic nitrogens is 4. The zero-order chi connectivity index (χ0) is 9.97. The van der Waals surface area contributed by atoms with Crippen LogP contribution < -0.4 is 5.32 Å². The van der Waals surface area contributed by atoms with Crippen LogP contribution in [0, 0.1) is 0 Å². The van der Waals surface area contributed by atoms with E-state index in [1.54, 1.807) is 12.4 Å². The lowest BCUT2D eigenvalue weighted by Gasteiger charge is -2.07. The van der Waals surface area contributed by atoms with Crippen LogP contribution in [0.25, 0.3) is 11.0 Å². The molecule has 0 fully saturated rings. The molecule has 0 atom stereocenters. The van der Waals surface area contributed by atoms with E-state index in [4.69, 9.17) is 0 Å². The Morgan fingerprint density at radius 2 is 2.07 bits per heavy atom. The van der Waals surface area contributed by atoms with Gasteiger partial charge in [0.1, 0.15) is 6.33 Å². The largest absolute Gasteiger partial charge is 0.352 e. The summed E-state index contributed by atoms with van der Waals surface area (Å²) < 4.78 is 0. The number of nitrogens with one attached hydrogen (secondary N) is 1. The van der Waals surface area contributed by atoms with Crippen molar-refractivity contribution < 1.29 is 0 Å². The number of rotatable bonds is 2. The number of anilines is 1. The van der Waals surface area contributed by atoms with E-state index in [-0.39, 0.29) is 0 Å². The van der Waals surface area contributed by atoms with Crippen LogP contribution in [0.1, 0.15) is 13.8 Å². The van der Waals surface area contributed by atoms with Crippen molar-refractivity contribution in [3.63, 3.8) is 0 Å². The summed E-state index contributed by atoms with van der Waals surface area (Å²) in [6.07, 6.45) is 4.89. The van der Waals surface area contributed by atoms with E-state index < -0.39 is 0 Å². The molecule has 0 aliphatic carbocycles. The second-order valence-corrected chi connectivity index (χ2v) is 3.29. The zero-order valence-corrected chi connectivity index (χ0v) is 8.10. The van der Waals surface area contributed by atoms with Crippen molar-refractivity contribution >= 4 is 17.0 Å². The van der Waals surface area contributed by atoms with Gasteiger partial charge < -0.3 is 5.32 Å². The van der Waals surface area contributed by atoms with Gasteiger partial charge in [0.05, 0.1) is 5.39 Å². The molecule has 0 amide bonds. The predicted molar refractivity (Wildman–Crippen MR) is 53.9 cm³/mol. The molecule has 1 N–H and O–H groups in total. The van der Waals surface area contributed by atoms with Gasteiger partial charge in [0.2, 0.25) is 5.95 Å². The molecule has 2 heterocycles. The molecule has 14 heavy (non-hydrogen) atoms. The van der Waals surface area contributed by atoms with Crippen LogP contribution in [0.4, 0.5) is 5.95 Å². The Kier molecular flexibility index (Phi) is 2.22. The van der Waals surface area contributed by atoms with Crippen LogP contribution in [0.2, 0.25) is 0 Å². The van der Waals surface area contributed by atoms with Crippen LogP contribution >= 0.6 is 0 Å². The Bertz CT molecular complexity index is 440. The number of hydrogen-bond acceptors (Lipinski definition) is 5. The summed E-state index contributed by atoms with van der Waals surface area (Å²) in [5.74, 6) is 0.603. The van der Waals surface area contributed by atoms with Gasteiger partial charge in [0.15, 0.2) is 5.65 Å². The Hall–Kier alpha value is -1.78. The van der Waals surface area contributed by atoms with Gasteiger partial charge in [-0.3, -0.25) is 0 Å². The molecule has 0 unspecified atom stereocenters. The van der Waals surface area contributed by atoms with E-state index in [0.717, 1.165) is 5.39 Å². The van der Waals surface area contributed by atoms with Gasteiger partial charge in [-0.05, 0) is 13.8 Å². The molecular formula is C9H11N5. The van der Waals surface area contributed by atoms with Gasteiger partial charge in [-0.25, -0.2) is 15.0 Å². The molecule has 5 heteroatoms. The SMILES string of the molecule is CC(C)Nc1ncc2cncnc2n1. The van der Waals surface area contributed by atoms with Crippen LogP contribution in [0.5, 0.6) is 0 Å². The minimum absolute atomic E-state index is 0.314. The first-order chi connectivity index (χ1) is 6.75. The van der Waals surface area contributed by atoms with E-state index >= 15 is 0 Å². The maximum absolute atomic E-state index is 4.24. The third-order valence-electron chi connectivity index (χ3n) is 1.67. The highest BCUT2D eigenvalue weighted by Gasteiger charge is 2.01.